The zero-order chi connectivity index (χ0) is 28.7. The molecule has 1 aliphatic rings. The van der Waals surface area contributed by atoms with E-state index in [9.17, 15) is 4.79 Å². The van der Waals surface area contributed by atoms with Gasteiger partial charge in [-0.3, -0.25) is 9.30 Å². The zero-order valence-corrected chi connectivity index (χ0v) is 14.1. The summed E-state index contributed by atoms with van der Waals surface area (Å²) in [6.45, 7) is -18.3. The summed E-state index contributed by atoms with van der Waals surface area (Å²) < 4.78 is 103. The molecule has 2 aromatic heterocycles. The van der Waals surface area contributed by atoms with Crippen LogP contribution in [0.4, 0.5) is 5.69 Å². The van der Waals surface area contributed by atoms with E-state index in [1.54, 1.807) is 0 Å². The summed E-state index contributed by atoms with van der Waals surface area (Å²) in [5.41, 5.74) is -1.34. The molecule has 0 saturated carbocycles. The number of fused-ring (bicyclic) bond motifs is 1. The van der Waals surface area contributed by atoms with Crippen molar-refractivity contribution in [1.29, 1.82) is 0 Å². The maximum atomic E-state index is 12.8. The highest BCUT2D eigenvalue weighted by atomic mass is 35.5. The fourth-order valence-electron chi connectivity index (χ4n) is 2.29. The number of hydrogen-bond acceptors (Lipinski definition) is 4. The Kier molecular flexibility index (Phi) is 2.35. The van der Waals surface area contributed by atoms with Crippen molar-refractivity contribution >= 4 is 22.9 Å². The Morgan fingerprint density at radius 2 is 2.00 bits per heavy atom. The summed E-state index contributed by atoms with van der Waals surface area (Å²) in [5, 5.41) is 3.87. The molecular weight excluding hydrogens is 350 g/mol. The van der Waals surface area contributed by atoms with E-state index in [1.165, 1.54) is 42.6 Å². The average Bonchev–Trinajstić information content (AvgIpc) is 3.13. The van der Waals surface area contributed by atoms with Gasteiger partial charge in [0.25, 0.3) is 0 Å². The molecule has 4 rings (SSSR count). The van der Waals surface area contributed by atoms with Crippen LogP contribution in [-0.2, 0) is 6.50 Å². The molecule has 0 atom stereocenters. The number of hydrogen-bond donors (Lipinski definition) is 0. The standard InChI is InChI=1S/C19H22ClN5O/c20-16-5-3-6-17(15-16)23-13-11-22(12-14-23)8-4-10-25-19(26)24-9-2-1-7-18(24)21-25/h1-3,5-7,9,15H,4,8,10-14H2/i4D2,10D2,11D2,12D2,13D2,14D2. The summed E-state index contributed by atoms with van der Waals surface area (Å²) in [4.78, 5) is 13.0. The number of aromatic nitrogens is 3. The van der Waals surface area contributed by atoms with E-state index in [0.717, 1.165) is 10.5 Å². The molecule has 136 valence electrons. The molecule has 6 nitrogen and oxygen atoms in total. The SMILES string of the molecule is [2H]C([2H])(CN1C([2H])([2H])C([2H])([2H])N(c2cccc(Cl)c2)C([2H])([2H])C1([2H])[2H])C([2H])([2H])n1nc2ccccn2c1=O. The smallest absolute Gasteiger partial charge is 0.350 e. The van der Waals surface area contributed by atoms with Crippen molar-refractivity contribution in [2.24, 2.45) is 0 Å². The van der Waals surface area contributed by atoms with E-state index in [-0.39, 0.29) is 30.8 Å². The molecule has 0 bridgehead atoms. The molecule has 0 aliphatic carbocycles. The van der Waals surface area contributed by atoms with Gasteiger partial charge in [-0.05, 0) is 36.7 Å². The van der Waals surface area contributed by atoms with E-state index >= 15 is 0 Å². The number of halogens is 1. The first-order chi connectivity index (χ1) is 17.2. The van der Waals surface area contributed by atoms with Crippen LogP contribution in [0.15, 0.2) is 53.5 Å². The van der Waals surface area contributed by atoms with Crippen LogP contribution >= 0.6 is 11.6 Å². The van der Waals surface area contributed by atoms with E-state index in [0.29, 0.717) is 0 Å². The molecule has 26 heavy (non-hydrogen) atoms. The Morgan fingerprint density at radius 3 is 2.77 bits per heavy atom. The van der Waals surface area contributed by atoms with Gasteiger partial charge in [-0.1, -0.05) is 23.7 Å². The molecule has 3 heterocycles. The molecule has 3 aromatic rings. The zero-order valence-electron chi connectivity index (χ0n) is 25.3. The summed E-state index contributed by atoms with van der Waals surface area (Å²) >= 11 is 5.96. The Morgan fingerprint density at radius 1 is 1.15 bits per heavy atom. The van der Waals surface area contributed by atoms with Crippen LogP contribution in [0.5, 0.6) is 0 Å². The minimum Gasteiger partial charge on any atom is -0.369 e. The summed E-state index contributed by atoms with van der Waals surface area (Å²) in [5.74, 6) is 0. The van der Waals surface area contributed by atoms with Gasteiger partial charge in [0.1, 0.15) is 0 Å². The van der Waals surface area contributed by atoms with Gasteiger partial charge in [0.2, 0.25) is 0 Å². The highest BCUT2D eigenvalue weighted by Gasteiger charge is 2.17. The van der Waals surface area contributed by atoms with Crippen molar-refractivity contribution in [1.82, 2.24) is 19.1 Å². The Labute approximate surface area is 174 Å². The predicted octanol–water partition coefficient (Wildman–Crippen LogP) is 2.36. The first-order valence-electron chi connectivity index (χ1n) is 13.6. The lowest BCUT2D eigenvalue weighted by Gasteiger charge is -2.36. The van der Waals surface area contributed by atoms with E-state index in [4.69, 9.17) is 28.1 Å². The summed E-state index contributed by atoms with van der Waals surface area (Å²) in [7, 11) is 0. The van der Waals surface area contributed by atoms with Crippen molar-refractivity contribution in [3.8, 4) is 0 Å². The number of anilines is 1. The van der Waals surface area contributed by atoms with Crippen LogP contribution in [0.3, 0.4) is 0 Å². The number of rotatable bonds is 5. The molecule has 0 N–H and O–H groups in total. The lowest BCUT2D eigenvalue weighted by molar-refractivity contribution is 0.248. The molecule has 1 fully saturated rings. The third kappa shape index (κ3) is 3.61. The lowest BCUT2D eigenvalue weighted by Crippen LogP contribution is -2.46. The van der Waals surface area contributed by atoms with Crippen LogP contribution in [0.1, 0.15) is 22.8 Å². The highest BCUT2D eigenvalue weighted by Crippen LogP contribution is 2.20. The van der Waals surface area contributed by atoms with Crippen LogP contribution in [0.2, 0.25) is 5.02 Å². The first kappa shape index (κ1) is 8.15. The quantitative estimate of drug-likeness (QED) is 0.678. The molecule has 7 heteroatoms. The average molecular weight is 384 g/mol. The maximum Gasteiger partial charge on any atom is 0.350 e. The minimum atomic E-state index is -3.43. The highest BCUT2D eigenvalue weighted by molar-refractivity contribution is 6.30. The van der Waals surface area contributed by atoms with Gasteiger partial charge < -0.3 is 4.90 Å². The van der Waals surface area contributed by atoms with Crippen molar-refractivity contribution in [2.75, 3.05) is 37.4 Å². The molecule has 0 amide bonds. The lowest BCUT2D eigenvalue weighted by atomic mass is 10.2. The first-order valence-corrected chi connectivity index (χ1v) is 8.00. The molecule has 0 spiro atoms. The van der Waals surface area contributed by atoms with Crippen molar-refractivity contribution in [3.05, 3.63) is 64.2 Å². The van der Waals surface area contributed by atoms with Crippen LogP contribution in [-0.4, -0.2) is 51.6 Å². The summed E-state index contributed by atoms with van der Waals surface area (Å²) in [6.07, 6.45) is -2.01. The van der Waals surface area contributed by atoms with Gasteiger partial charge in [-0.2, -0.15) is 0 Å². The molecule has 1 aromatic carbocycles. The monoisotopic (exact) mass is 383 g/mol. The maximum absolute atomic E-state index is 12.8. The third-order valence-electron chi connectivity index (χ3n) is 3.51. The number of pyridine rings is 1. The van der Waals surface area contributed by atoms with E-state index < -0.39 is 51.1 Å². The normalized spacial score (nSPS) is 31.3. The summed E-state index contributed by atoms with van der Waals surface area (Å²) in [6, 6.07) is 9.47. The number of benzene rings is 1. The molecule has 0 unspecified atom stereocenters. The van der Waals surface area contributed by atoms with Gasteiger partial charge in [0, 0.05) is 64.2 Å². The minimum absolute atomic E-state index is 0.00867. The Bertz CT molecular complexity index is 1410. The van der Waals surface area contributed by atoms with Crippen molar-refractivity contribution in [3.63, 3.8) is 0 Å². The van der Waals surface area contributed by atoms with E-state index in [1.807, 2.05) is 0 Å². The Balaban J connectivity index is 1.82. The number of nitrogens with zero attached hydrogens (tertiary/aromatic N) is 5. The Hall–Kier alpha value is -2.31. The molecule has 1 saturated heterocycles. The fraction of sp³-hybridized carbons (Fsp3) is 0.368. The van der Waals surface area contributed by atoms with Gasteiger partial charge in [-0.15, -0.1) is 5.10 Å². The molecule has 1 aliphatic heterocycles. The van der Waals surface area contributed by atoms with Crippen LogP contribution < -0.4 is 10.6 Å². The van der Waals surface area contributed by atoms with E-state index in [2.05, 4.69) is 5.10 Å². The van der Waals surface area contributed by atoms with Crippen LogP contribution in [0, 0.1) is 0 Å². The third-order valence-corrected chi connectivity index (χ3v) is 3.75. The van der Waals surface area contributed by atoms with Gasteiger partial charge >= 0.3 is 5.69 Å². The largest absolute Gasteiger partial charge is 0.369 e. The number of aryl methyl sites for hydroxylation is 1. The van der Waals surface area contributed by atoms with Gasteiger partial charge in [0.05, 0.1) is 8.22 Å². The van der Waals surface area contributed by atoms with Crippen LogP contribution in [0.25, 0.3) is 5.65 Å². The predicted molar refractivity (Wildman–Crippen MR) is 104 cm³/mol. The van der Waals surface area contributed by atoms with Crippen molar-refractivity contribution < 1.29 is 16.4 Å². The number of piperazine rings is 1. The second-order valence-corrected chi connectivity index (χ2v) is 5.70. The van der Waals surface area contributed by atoms with Gasteiger partial charge in [0.15, 0.2) is 5.65 Å². The molecule has 0 radical (unpaired) electrons. The fourth-order valence-corrected chi connectivity index (χ4v) is 2.47. The molecular formula is C19H22ClN5O. The topological polar surface area (TPSA) is 45.8 Å². The second-order valence-electron chi connectivity index (χ2n) is 5.26. The van der Waals surface area contributed by atoms with Crippen molar-refractivity contribution in [2.45, 2.75) is 12.9 Å². The van der Waals surface area contributed by atoms with Gasteiger partial charge in [-0.25, -0.2) is 9.48 Å². The second kappa shape index (κ2) is 7.51.